The van der Waals surface area contributed by atoms with Crippen molar-refractivity contribution < 1.29 is 4.43 Å². The molecule has 2 aliphatic rings. The van der Waals surface area contributed by atoms with Crippen LogP contribution in [0.4, 0.5) is 0 Å². The molecule has 0 bridgehead atoms. The first-order chi connectivity index (χ1) is 11.8. The largest absolute Gasteiger partial charge is 0.412 e. The third kappa shape index (κ3) is 4.78. The molecule has 2 rings (SSSR count). The minimum absolute atomic E-state index is 0.0336. The highest BCUT2D eigenvalue weighted by atomic mass is 35.5. The first-order valence-corrected chi connectivity index (χ1v) is 14.7. The van der Waals surface area contributed by atoms with Gasteiger partial charge in [0.15, 0.2) is 8.32 Å². The summed E-state index contributed by atoms with van der Waals surface area (Å²) in [6.45, 7) is 19.3. The Morgan fingerprint density at radius 3 is 2.35 bits per heavy atom. The average molecular weight is 399 g/mol. The van der Waals surface area contributed by atoms with Gasteiger partial charge in [-0.1, -0.05) is 38.8 Å². The van der Waals surface area contributed by atoms with Gasteiger partial charge in [-0.2, -0.15) is 0 Å². The van der Waals surface area contributed by atoms with Crippen LogP contribution in [-0.2, 0) is 4.43 Å². The van der Waals surface area contributed by atoms with E-state index in [0.717, 1.165) is 12.3 Å². The molecule has 0 unspecified atom stereocenters. The fraction of sp³-hybridized carbons (Fsp3) is 0.913. The van der Waals surface area contributed by atoms with Crippen LogP contribution in [-0.4, -0.2) is 19.8 Å². The van der Waals surface area contributed by atoms with Crippen LogP contribution in [0.15, 0.2) is 11.6 Å². The third-order valence-electron chi connectivity index (χ3n) is 7.44. The van der Waals surface area contributed by atoms with Crippen molar-refractivity contribution in [2.75, 3.05) is 5.88 Å². The summed E-state index contributed by atoms with van der Waals surface area (Å²) in [5.74, 6) is 2.12. The van der Waals surface area contributed by atoms with Gasteiger partial charge in [-0.25, -0.2) is 0 Å². The van der Waals surface area contributed by atoms with E-state index in [0.29, 0.717) is 22.6 Å². The quantitative estimate of drug-likeness (QED) is 0.252. The highest BCUT2D eigenvalue weighted by Gasteiger charge is 2.58. The van der Waals surface area contributed by atoms with Crippen molar-refractivity contribution in [1.82, 2.24) is 0 Å². The third-order valence-corrected chi connectivity index (χ3v) is 8.94. The number of alkyl halides is 1. The molecule has 2 aliphatic carbocycles. The molecule has 3 heteroatoms. The Morgan fingerprint density at radius 1 is 1.12 bits per heavy atom. The van der Waals surface area contributed by atoms with Crippen LogP contribution in [0.5, 0.6) is 0 Å². The molecule has 0 aromatic heterocycles. The zero-order valence-electron chi connectivity index (χ0n) is 18.7. The number of rotatable bonds is 6. The van der Waals surface area contributed by atoms with Gasteiger partial charge in [-0.3, -0.25) is 0 Å². The van der Waals surface area contributed by atoms with Gasteiger partial charge in [-0.05, 0) is 94.7 Å². The fourth-order valence-corrected chi connectivity index (χ4v) is 8.37. The monoisotopic (exact) mass is 398 g/mol. The molecule has 0 aliphatic heterocycles. The van der Waals surface area contributed by atoms with Crippen molar-refractivity contribution in [3.05, 3.63) is 11.6 Å². The number of allylic oxidation sites excluding steroid dienone is 2. The Bertz CT molecular complexity index is 521. The Kier molecular flexibility index (Phi) is 6.85. The maximum absolute atomic E-state index is 6.94. The molecule has 2 fully saturated rings. The number of halogens is 1. The molecule has 0 saturated heterocycles. The van der Waals surface area contributed by atoms with E-state index in [1.54, 1.807) is 0 Å². The number of hydrogen-bond acceptors (Lipinski definition) is 1. The minimum atomic E-state index is -1.59. The van der Waals surface area contributed by atoms with Gasteiger partial charge in [0.25, 0.3) is 0 Å². The molecular weight excluding hydrogens is 356 g/mol. The summed E-state index contributed by atoms with van der Waals surface area (Å²) >= 11 is 6.00. The van der Waals surface area contributed by atoms with Crippen LogP contribution >= 0.6 is 11.6 Å². The van der Waals surface area contributed by atoms with Gasteiger partial charge in [0.05, 0.1) is 5.60 Å². The average Bonchev–Trinajstić information content (AvgIpc) is 2.47. The number of hydrogen-bond donors (Lipinski definition) is 0. The van der Waals surface area contributed by atoms with Crippen LogP contribution in [0.3, 0.4) is 0 Å². The Labute approximate surface area is 169 Å². The lowest BCUT2D eigenvalue weighted by atomic mass is 9.45. The van der Waals surface area contributed by atoms with Crippen LogP contribution < -0.4 is 0 Å². The lowest BCUT2D eigenvalue weighted by Crippen LogP contribution is -2.60. The second kappa shape index (κ2) is 7.91. The van der Waals surface area contributed by atoms with E-state index in [1.165, 1.54) is 44.1 Å². The van der Waals surface area contributed by atoms with Crippen LogP contribution in [0.2, 0.25) is 19.6 Å². The Balaban J connectivity index is 2.35. The van der Waals surface area contributed by atoms with E-state index in [2.05, 4.69) is 60.3 Å². The molecule has 26 heavy (non-hydrogen) atoms. The zero-order chi connectivity index (χ0) is 19.8. The highest BCUT2D eigenvalue weighted by Crippen LogP contribution is 2.63. The summed E-state index contributed by atoms with van der Waals surface area (Å²) in [5, 5.41) is 0. The molecule has 0 aromatic rings. The molecule has 0 spiro atoms. The topological polar surface area (TPSA) is 9.23 Å². The number of fused-ring (bicyclic) bond motifs is 1. The first-order valence-electron chi connectivity index (χ1n) is 10.8. The standard InChI is InChI=1S/C23H43ClOSi/c1-18(17-24)11-9-12-20-22(4)15-10-14-21(2,3)19(22)13-16-23(20,5)25-26(6,7)8/h11,19-20H,9-10,12-17H2,1-8H3/b18-11+/t19-,20+,22-,23+/m0/s1. The van der Waals surface area contributed by atoms with Gasteiger partial charge < -0.3 is 4.43 Å². The molecule has 0 heterocycles. The summed E-state index contributed by atoms with van der Waals surface area (Å²) < 4.78 is 6.94. The van der Waals surface area contributed by atoms with Crippen LogP contribution in [0.25, 0.3) is 0 Å². The minimum Gasteiger partial charge on any atom is -0.412 e. The Morgan fingerprint density at radius 2 is 1.77 bits per heavy atom. The normalized spacial score (nSPS) is 38.1. The van der Waals surface area contributed by atoms with Crippen molar-refractivity contribution in [3.8, 4) is 0 Å². The molecule has 2 saturated carbocycles. The van der Waals surface area contributed by atoms with Crippen molar-refractivity contribution in [2.24, 2.45) is 22.7 Å². The second-order valence-corrected chi connectivity index (χ2v) is 16.0. The summed E-state index contributed by atoms with van der Waals surface area (Å²) in [7, 11) is -1.59. The first kappa shape index (κ1) is 22.5. The van der Waals surface area contributed by atoms with Crippen LogP contribution in [0, 0.1) is 22.7 Å². The fourth-order valence-electron chi connectivity index (χ4n) is 6.61. The smallest absolute Gasteiger partial charge is 0.184 e. The second-order valence-electron chi connectivity index (χ2n) is 11.3. The summed E-state index contributed by atoms with van der Waals surface area (Å²) in [4.78, 5) is 0. The molecule has 0 amide bonds. The Hall–Kier alpha value is 0.207. The van der Waals surface area contributed by atoms with E-state index in [1.807, 2.05) is 0 Å². The van der Waals surface area contributed by atoms with E-state index < -0.39 is 8.32 Å². The predicted molar refractivity (Wildman–Crippen MR) is 119 cm³/mol. The SMILES string of the molecule is C/C(=C\CC[C@@H]1[C@@]2(C)CCCC(C)(C)[C@@H]2CC[C@@]1(C)O[Si](C)(C)C)CCl. The van der Waals surface area contributed by atoms with Crippen molar-refractivity contribution in [2.45, 2.75) is 105 Å². The van der Waals surface area contributed by atoms with Gasteiger partial charge in [0.2, 0.25) is 0 Å². The lowest BCUT2D eigenvalue weighted by molar-refractivity contribution is -0.161. The van der Waals surface area contributed by atoms with Gasteiger partial charge in [0, 0.05) is 5.88 Å². The highest BCUT2D eigenvalue weighted by molar-refractivity contribution is 6.69. The van der Waals surface area contributed by atoms with E-state index in [-0.39, 0.29) is 5.60 Å². The molecule has 0 N–H and O–H groups in total. The molecule has 0 aromatic carbocycles. The van der Waals surface area contributed by atoms with Gasteiger partial charge in [-0.15, -0.1) is 11.6 Å². The van der Waals surface area contributed by atoms with E-state index in [9.17, 15) is 0 Å². The summed E-state index contributed by atoms with van der Waals surface area (Å²) in [6.07, 6.45) is 11.4. The van der Waals surface area contributed by atoms with Gasteiger partial charge >= 0.3 is 0 Å². The summed E-state index contributed by atoms with van der Waals surface area (Å²) in [6, 6.07) is 0. The molecule has 1 nitrogen and oxygen atoms in total. The van der Waals surface area contributed by atoms with Crippen molar-refractivity contribution in [1.29, 1.82) is 0 Å². The van der Waals surface area contributed by atoms with E-state index >= 15 is 0 Å². The molecular formula is C23H43ClOSi. The molecule has 4 atom stereocenters. The zero-order valence-corrected chi connectivity index (χ0v) is 20.4. The lowest BCUT2D eigenvalue weighted by Gasteiger charge is -2.63. The molecule has 152 valence electrons. The molecule has 0 radical (unpaired) electrons. The van der Waals surface area contributed by atoms with Gasteiger partial charge in [0.1, 0.15) is 0 Å². The predicted octanol–water partition coefficient (Wildman–Crippen LogP) is 7.80. The maximum atomic E-state index is 6.94. The van der Waals surface area contributed by atoms with Crippen molar-refractivity contribution >= 4 is 19.9 Å². The maximum Gasteiger partial charge on any atom is 0.184 e. The van der Waals surface area contributed by atoms with Crippen LogP contribution in [0.1, 0.15) is 79.6 Å². The van der Waals surface area contributed by atoms with Crippen molar-refractivity contribution in [3.63, 3.8) is 0 Å². The summed E-state index contributed by atoms with van der Waals surface area (Å²) in [5.41, 5.74) is 2.21. The van der Waals surface area contributed by atoms with E-state index in [4.69, 9.17) is 16.0 Å².